The molecule has 5 rings (SSSR count). The Hall–Kier alpha value is -5.29. The molecule has 0 saturated heterocycles. The molecule has 0 bridgehead atoms. The monoisotopic (exact) mass is 639 g/mol. The number of methoxy groups -OCH3 is 1. The highest BCUT2D eigenvalue weighted by Gasteiger charge is 2.32. The van der Waals surface area contributed by atoms with Crippen molar-refractivity contribution in [2.75, 3.05) is 49.8 Å². The molecule has 4 aromatic carbocycles. The van der Waals surface area contributed by atoms with E-state index in [0.29, 0.717) is 40.7 Å². The molecular weight excluding hydrogens is 598 g/mol. The van der Waals surface area contributed by atoms with Crippen molar-refractivity contribution in [1.82, 2.24) is 9.80 Å². The quantitative estimate of drug-likeness (QED) is 0.193. The van der Waals surface area contributed by atoms with Crippen LogP contribution in [0.2, 0.25) is 0 Å². The van der Waals surface area contributed by atoms with E-state index in [2.05, 4.69) is 16.0 Å². The number of likely N-dealkylation sites (N-methyl/N-ethyl adjacent to an activating group) is 1. The third-order valence-corrected chi connectivity index (χ3v) is 8.35. The van der Waals surface area contributed by atoms with Crippen molar-refractivity contribution in [3.05, 3.63) is 90.5 Å². The number of hydrogen-bond donors (Lipinski definition) is 4. The number of rotatable bonds is 8. The standard InChI is InChI=1S/C36H41N5O6/c1-23-20-41(24(2)22-42)34(43)19-26-18-28(37-35(44)39-31-11-7-9-25-8-5-6-10-30(25)31)14-17-32(26)47-33(23)21-40(3)36(45)38-27-12-15-29(46-4)16-13-27/h5-18,23-24,33,42H,19-22H2,1-4H3,(H,38,45)(H2,37,39,44)/t23-,24+,33-/m0/s1. The van der Waals surface area contributed by atoms with Crippen molar-refractivity contribution in [3.63, 3.8) is 0 Å². The zero-order valence-electron chi connectivity index (χ0n) is 27.0. The molecule has 1 aliphatic rings. The first-order valence-electron chi connectivity index (χ1n) is 15.6. The summed E-state index contributed by atoms with van der Waals surface area (Å²) in [4.78, 5) is 43.0. The summed E-state index contributed by atoms with van der Waals surface area (Å²) in [6, 6.07) is 24.5. The Morgan fingerprint density at radius 3 is 2.47 bits per heavy atom. The second-order valence-corrected chi connectivity index (χ2v) is 11.9. The first-order valence-corrected chi connectivity index (χ1v) is 15.6. The molecule has 11 nitrogen and oxygen atoms in total. The molecule has 47 heavy (non-hydrogen) atoms. The van der Waals surface area contributed by atoms with E-state index in [9.17, 15) is 19.5 Å². The van der Waals surface area contributed by atoms with Crippen molar-refractivity contribution >= 4 is 45.8 Å². The van der Waals surface area contributed by atoms with E-state index >= 15 is 0 Å². The van der Waals surface area contributed by atoms with Crippen LogP contribution in [0.15, 0.2) is 84.9 Å². The number of urea groups is 2. The maximum Gasteiger partial charge on any atom is 0.323 e. The molecule has 4 N–H and O–H groups in total. The Labute approximate surface area is 274 Å². The zero-order valence-corrected chi connectivity index (χ0v) is 27.0. The highest BCUT2D eigenvalue weighted by molar-refractivity contribution is 6.06. The van der Waals surface area contributed by atoms with Gasteiger partial charge in [-0.3, -0.25) is 4.79 Å². The summed E-state index contributed by atoms with van der Waals surface area (Å²) in [7, 11) is 3.26. The third-order valence-electron chi connectivity index (χ3n) is 8.35. The number of benzene rings is 4. The largest absolute Gasteiger partial charge is 0.497 e. The Morgan fingerprint density at radius 2 is 1.72 bits per heavy atom. The van der Waals surface area contributed by atoms with Gasteiger partial charge < -0.3 is 40.3 Å². The minimum atomic E-state index is -0.492. The summed E-state index contributed by atoms with van der Waals surface area (Å²) in [5, 5.41) is 20.6. The maximum absolute atomic E-state index is 13.6. The molecule has 0 radical (unpaired) electrons. The lowest BCUT2D eigenvalue weighted by Crippen LogP contribution is -2.48. The summed E-state index contributed by atoms with van der Waals surface area (Å²) in [5.74, 6) is 0.798. The van der Waals surface area contributed by atoms with Crippen molar-refractivity contribution in [1.29, 1.82) is 0 Å². The third kappa shape index (κ3) is 8.11. The van der Waals surface area contributed by atoms with Gasteiger partial charge in [-0.15, -0.1) is 0 Å². The van der Waals surface area contributed by atoms with Crippen molar-refractivity contribution in [2.24, 2.45) is 5.92 Å². The minimum Gasteiger partial charge on any atom is -0.497 e. The average Bonchev–Trinajstić information content (AvgIpc) is 3.11. The molecule has 1 heterocycles. The van der Waals surface area contributed by atoms with Gasteiger partial charge in [0.05, 0.1) is 38.4 Å². The summed E-state index contributed by atoms with van der Waals surface area (Å²) in [6.07, 6.45) is -0.485. The van der Waals surface area contributed by atoms with Crippen molar-refractivity contribution in [2.45, 2.75) is 32.4 Å². The van der Waals surface area contributed by atoms with Gasteiger partial charge in [0.2, 0.25) is 5.91 Å². The minimum absolute atomic E-state index is 0.00731. The molecule has 0 unspecified atom stereocenters. The Kier molecular flexibility index (Phi) is 10.5. The number of amides is 5. The first kappa shape index (κ1) is 33.1. The van der Waals surface area contributed by atoms with Gasteiger partial charge in [0.15, 0.2) is 0 Å². The topological polar surface area (TPSA) is 132 Å². The fraction of sp³-hybridized carbons (Fsp3) is 0.306. The molecule has 1 aliphatic heterocycles. The smallest absolute Gasteiger partial charge is 0.323 e. The van der Waals surface area contributed by atoms with Gasteiger partial charge in [0.1, 0.15) is 17.6 Å². The number of hydrogen-bond acceptors (Lipinski definition) is 6. The normalized spacial score (nSPS) is 16.9. The Bertz CT molecular complexity index is 1720. The van der Waals surface area contributed by atoms with Gasteiger partial charge in [0.25, 0.3) is 0 Å². The predicted molar refractivity (Wildman–Crippen MR) is 183 cm³/mol. The van der Waals surface area contributed by atoms with E-state index in [0.717, 1.165) is 10.8 Å². The van der Waals surface area contributed by atoms with Gasteiger partial charge in [-0.25, -0.2) is 9.59 Å². The fourth-order valence-corrected chi connectivity index (χ4v) is 5.59. The van der Waals surface area contributed by atoms with Gasteiger partial charge in [-0.1, -0.05) is 43.3 Å². The van der Waals surface area contributed by atoms with Crippen LogP contribution in [0, 0.1) is 5.92 Å². The Balaban J connectivity index is 1.35. The summed E-state index contributed by atoms with van der Waals surface area (Å²) in [6.45, 7) is 4.11. The summed E-state index contributed by atoms with van der Waals surface area (Å²) < 4.78 is 11.7. The number of fused-ring (bicyclic) bond motifs is 2. The fourth-order valence-electron chi connectivity index (χ4n) is 5.59. The van der Waals surface area contributed by atoms with Crippen LogP contribution in [-0.4, -0.2) is 78.9 Å². The van der Waals surface area contributed by atoms with E-state index < -0.39 is 18.2 Å². The van der Waals surface area contributed by atoms with Gasteiger partial charge in [-0.2, -0.15) is 0 Å². The van der Waals surface area contributed by atoms with Crippen LogP contribution in [0.25, 0.3) is 10.8 Å². The van der Waals surface area contributed by atoms with Crippen LogP contribution >= 0.6 is 0 Å². The van der Waals surface area contributed by atoms with Crippen LogP contribution in [0.1, 0.15) is 19.4 Å². The number of carbonyl (C=O) groups excluding carboxylic acids is 3. The van der Waals surface area contributed by atoms with E-state index in [1.807, 2.05) is 49.4 Å². The molecule has 0 spiro atoms. The number of carbonyl (C=O) groups is 3. The van der Waals surface area contributed by atoms with Crippen LogP contribution in [0.3, 0.4) is 0 Å². The number of aliphatic hydroxyl groups is 1. The lowest BCUT2D eigenvalue weighted by atomic mass is 10.0. The molecule has 3 atom stereocenters. The van der Waals surface area contributed by atoms with E-state index in [-0.39, 0.29) is 37.4 Å². The van der Waals surface area contributed by atoms with Crippen LogP contribution in [-0.2, 0) is 11.2 Å². The molecule has 11 heteroatoms. The highest BCUT2D eigenvalue weighted by Crippen LogP contribution is 2.30. The molecule has 0 fully saturated rings. The van der Waals surface area contributed by atoms with Gasteiger partial charge in [-0.05, 0) is 60.8 Å². The number of anilines is 3. The molecular formula is C36H41N5O6. The van der Waals surface area contributed by atoms with Crippen molar-refractivity contribution in [3.8, 4) is 11.5 Å². The molecule has 4 aromatic rings. The molecule has 246 valence electrons. The number of nitrogens with one attached hydrogen (secondary N) is 3. The molecule has 5 amide bonds. The number of ether oxygens (including phenoxy) is 2. The average molecular weight is 640 g/mol. The van der Waals surface area contributed by atoms with Gasteiger partial charge >= 0.3 is 12.1 Å². The van der Waals surface area contributed by atoms with Gasteiger partial charge in [0, 0.05) is 41.8 Å². The Morgan fingerprint density at radius 1 is 1.00 bits per heavy atom. The van der Waals surface area contributed by atoms with E-state index in [1.165, 1.54) is 4.90 Å². The zero-order chi connectivity index (χ0) is 33.5. The summed E-state index contributed by atoms with van der Waals surface area (Å²) >= 11 is 0. The first-order chi connectivity index (χ1) is 22.6. The highest BCUT2D eigenvalue weighted by atomic mass is 16.5. The van der Waals surface area contributed by atoms with Crippen molar-refractivity contribution < 1.29 is 29.0 Å². The van der Waals surface area contributed by atoms with Crippen LogP contribution < -0.4 is 25.4 Å². The molecule has 0 aromatic heterocycles. The lowest BCUT2D eigenvalue weighted by Gasteiger charge is -2.34. The molecule has 0 saturated carbocycles. The van der Waals surface area contributed by atoms with Crippen LogP contribution in [0.4, 0.5) is 26.7 Å². The predicted octanol–water partition coefficient (Wildman–Crippen LogP) is 5.81. The second-order valence-electron chi connectivity index (χ2n) is 11.9. The van der Waals surface area contributed by atoms with E-state index in [1.54, 1.807) is 68.4 Å². The number of nitrogens with zero attached hydrogens (tertiary/aromatic N) is 2. The SMILES string of the molecule is COc1ccc(NC(=O)N(C)C[C@@H]2Oc3ccc(NC(=O)Nc4cccc5ccccc45)cc3CC(=O)N([C@H](C)CO)C[C@@H]2C)cc1. The van der Waals surface area contributed by atoms with Crippen LogP contribution in [0.5, 0.6) is 11.5 Å². The summed E-state index contributed by atoms with van der Waals surface area (Å²) in [5.41, 5.74) is 2.36. The second kappa shape index (κ2) is 14.9. The maximum atomic E-state index is 13.6. The van der Waals surface area contributed by atoms with E-state index in [4.69, 9.17) is 9.47 Å². The number of aliphatic hydroxyl groups excluding tert-OH is 1. The lowest BCUT2D eigenvalue weighted by molar-refractivity contribution is -0.134. The molecule has 0 aliphatic carbocycles.